The van der Waals surface area contributed by atoms with Crippen molar-refractivity contribution >= 4 is 62.4 Å². The van der Waals surface area contributed by atoms with Crippen LogP contribution in [0.4, 0.5) is 0 Å². The van der Waals surface area contributed by atoms with Gasteiger partial charge in [0.2, 0.25) is 11.8 Å². The highest BCUT2D eigenvalue weighted by Crippen LogP contribution is 2.24. The minimum absolute atomic E-state index is 0.0130. The maximum Gasteiger partial charge on any atom is 0.326 e. The molecule has 0 aromatic carbocycles. The first kappa shape index (κ1) is 49.7. The zero-order chi connectivity index (χ0) is 42.1. The summed E-state index contributed by atoms with van der Waals surface area (Å²) < 4.78 is 34.9. The quantitative estimate of drug-likeness (QED) is 0.0690. The van der Waals surface area contributed by atoms with Crippen LogP contribution in [0.2, 0.25) is 0 Å². The second kappa shape index (κ2) is 26.5. The highest BCUT2D eigenvalue weighted by atomic mass is 32.2. The number of unbranched alkanes of at least 4 members (excludes halogenated alkanes) is 1. The average molecular weight is 816 g/mol. The van der Waals surface area contributed by atoms with Crippen molar-refractivity contribution in [1.82, 2.24) is 10.6 Å². The Morgan fingerprint density at radius 1 is 0.804 bits per heavy atom. The lowest BCUT2D eigenvalue weighted by Crippen LogP contribution is -2.43. The van der Waals surface area contributed by atoms with Gasteiger partial charge in [0.05, 0.1) is 31.1 Å². The van der Waals surface area contributed by atoms with Crippen molar-refractivity contribution in [3.05, 3.63) is 0 Å². The topological polar surface area (TPSA) is 291 Å². The van der Waals surface area contributed by atoms with Crippen LogP contribution in [-0.2, 0) is 57.7 Å². The van der Waals surface area contributed by atoms with Crippen LogP contribution >= 0.6 is 0 Å². The zero-order valence-electron chi connectivity index (χ0n) is 32.5. The Labute approximate surface area is 327 Å². The molecule has 0 spiro atoms. The van der Waals surface area contributed by atoms with Gasteiger partial charge in [-0.2, -0.15) is 5.11 Å². The molecule has 56 heavy (non-hydrogen) atoms. The van der Waals surface area contributed by atoms with E-state index in [9.17, 15) is 51.9 Å². The first-order valence-corrected chi connectivity index (χ1v) is 20.5. The lowest BCUT2D eigenvalue weighted by Gasteiger charge is -2.21. The Morgan fingerprint density at radius 2 is 1.50 bits per heavy atom. The Kier molecular flexibility index (Phi) is 23.6. The molecule has 316 valence electrons. The molecule has 1 aliphatic rings. The maximum absolute atomic E-state index is 12.6. The predicted molar refractivity (Wildman–Crippen MR) is 201 cm³/mol. The van der Waals surface area contributed by atoms with E-state index in [1.807, 2.05) is 0 Å². The number of rotatable bonds is 33. The van der Waals surface area contributed by atoms with Gasteiger partial charge in [0.15, 0.2) is 15.6 Å². The normalized spacial score (nSPS) is 13.7. The average Bonchev–Trinajstić information content (AvgIpc) is 3.61. The molecule has 0 aromatic heterocycles. The number of ether oxygens (including phenoxy) is 2. The lowest BCUT2D eigenvalue weighted by atomic mass is 9.81. The molecule has 0 aromatic rings. The van der Waals surface area contributed by atoms with Gasteiger partial charge in [0, 0.05) is 63.0 Å². The first-order chi connectivity index (χ1) is 26.3. The van der Waals surface area contributed by atoms with Crippen molar-refractivity contribution in [3.63, 3.8) is 0 Å². The summed E-state index contributed by atoms with van der Waals surface area (Å²) >= 11 is 0. The summed E-state index contributed by atoms with van der Waals surface area (Å²) in [5.41, 5.74) is -0.231. The molecule has 1 heterocycles. The number of sulfone groups is 1. The van der Waals surface area contributed by atoms with E-state index < -0.39 is 69.1 Å². The number of hydrogen-bond acceptors (Lipinski definition) is 15. The highest BCUT2D eigenvalue weighted by molar-refractivity contribution is 7.92. The molecule has 20 heteroatoms. The molecule has 1 aliphatic heterocycles. The summed E-state index contributed by atoms with van der Waals surface area (Å²) in [5.74, 6) is -6.12. The fraction of sp³-hybridized carbons (Fsp3) is 0.750. The molecule has 0 radical (unpaired) electrons. The number of carbonyl (C=O) groups is 8. The monoisotopic (exact) mass is 815 g/mol. The van der Waals surface area contributed by atoms with E-state index in [2.05, 4.69) is 26.1 Å². The minimum Gasteiger partial charge on any atom is -0.481 e. The number of ketones is 4. The number of amides is 2. The standard InChI is InChI=1S/C36H57N5O14S/c1-36(2,3)31(45)20-25(30(44)12-14-34(48)49)8-4-5-15-37-32(46)13-11-29(35(50)51)39-33(47)23-55-18-17-54-16-6-9-27(42)10-7-19-56(52,53)24-28(43)21-26-22-38-41-40-26/h25,29H,4-24H2,1-3H3,(H,37,46)(H,39,47)(H,48,49)(H,50,51)/t25-,29?/m1/s1. The molecule has 0 saturated heterocycles. The van der Waals surface area contributed by atoms with Crippen LogP contribution in [0.25, 0.3) is 0 Å². The summed E-state index contributed by atoms with van der Waals surface area (Å²) in [4.78, 5) is 96.2. The summed E-state index contributed by atoms with van der Waals surface area (Å²) in [7, 11) is -3.65. The van der Waals surface area contributed by atoms with Crippen molar-refractivity contribution in [3.8, 4) is 0 Å². The van der Waals surface area contributed by atoms with Crippen molar-refractivity contribution in [1.29, 1.82) is 0 Å². The van der Waals surface area contributed by atoms with Gasteiger partial charge in [-0.25, -0.2) is 13.2 Å². The van der Waals surface area contributed by atoms with Crippen LogP contribution < -0.4 is 10.6 Å². The van der Waals surface area contributed by atoms with E-state index in [1.165, 1.54) is 0 Å². The van der Waals surface area contributed by atoms with Gasteiger partial charge < -0.3 is 30.3 Å². The van der Waals surface area contributed by atoms with Gasteiger partial charge in [-0.3, -0.25) is 33.6 Å². The molecule has 4 N–H and O–H groups in total. The Morgan fingerprint density at radius 3 is 2.14 bits per heavy atom. The van der Waals surface area contributed by atoms with E-state index >= 15 is 0 Å². The van der Waals surface area contributed by atoms with Gasteiger partial charge in [-0.1, -0.05) is 27.2 Å². The largest absolute Gasteiger partial charge is 0.481 e. The third-order valence-corrected chi connectivity index (χ3v) is 10.1. The number of carbonyl (C=O) groups excluding carboxylic acids is 6. The molecular weight excluding hydrogens is 758 g/mol. The summed E-state index contributed by atoms with van der Waals surface area (Å²) in [6.07, 6.45) is 1.08. The number of hydrogen-bond donors (Lipinski definition) is 4. The van der Waals surface area contributed by atoms with Gasteiger partial charge >= 0.3 is 11.9 Å². The highest BCUT2D eigenvalue weighted by Gasteiger charge is 2.28. The second-order valence-electron chi connectivity index (χ2n) is 14.6. The van der Waals surface area contributed by atoms with Gasteiger partial charge in [0.25, 0.3) is 0 Å². The molecule has 0 bridgehead atoms. The van der Waals surface area contributed by atoms with Gasteiger partial charge in [-0.15, -0.1) is 5.10 Å². The summed E-state index contributed by atoms with van der Waals surface area (Å²) in [5, 5.41) is 34.0. The fourth-order valence-corrected chi connectivity index (χ4v) is 6.56. The molecule has 0 saturated carbocycles. The first-order valence-electron chi connectivity index (χ1n) is 18.7. The molecule has 0 aliphatic carbocycles. The second-order valence-corrected chi connectivity index (χ2v) is 16.7. The number of carboxylic acids is 2. The van der Waals surface area contributed by atoms with Gasteiger partial charge in [-0.05, 0) is 37.3 Å². The third-order valence-electron chi connectivity index (χ3n) is 8.45. The minimum atomic E-state index is -3.65. The molecule has 2 amide bonds. The fourth-order valence-electron chi connectivity index (χ4n) is 5.24. The SMILES string of the molecule is CC(C)(C)C(=O)C[C@@H](CCCCNC(=O)CCC(NC(=O)COCCOCCCC(=O)CCCS(=O)(=O)CC(=O)CC1=NN=NC1)C(=O)O)C(=O)CCC(=O)O. The zero-order valence-corrected chi connectivity index (χ0v) is 33.4. The van der Waals surface area contributed by atoms with Crippen LogP contribution in [0.1, 0.15) is 104 Å². The number of nitrogens with zero attached hydrogens (tertiary/aromatic N) is 3. The number of Topliss-reactive ketones (excluding diaryl/α,β-unsaturated/α-hetero) is 4. The van der Waals surface area contributed by atoms with Crippen LogP contribution in [0.3, 0.4) is 0 Å². The summed E-state index contributed by atoms with van der Waals surface area (Å²) in [6.45, 7) is 5.54. The number of aliphatic carboxylic acids is 2. The van der Waals surface area contributed by atoms with Crippen molar-refractivity contribution in [2.75, 3.05) is 51.0 Å². The molecule has 1 unspecified atom stereocenters. The van der Waals surface area contributed by atoms with Crippen LogP contribution in [0.5, 0.6) is 0 Å². The molecule has 19 nitrogen and oxygen atoms in total. The maximum atomic E-state index is 12.6. The van der Waals surface area contributed by atoms with E-state index in [4.69, 9.17) is 14.6 Å². The van der Waals surface area contributed by atoms with Crippen molar-refractivity contribution < 1.29 is 66.5 Å². The van der Waals surface area contributed by atoms with Crippen LogP contribution in [0, 0.1) is 11.3 Å². The number of nitrogens with one attached hydrogen (secondary N) is 2. The van der Waals surface area contributed by atoms with E-state index in [0.29, 0.717) is 31.4 Å². The van der Waals surface area contributed by atoms with E-state index in [0.717, 1.165) is 0 Å². The Hall–Kier alpha value is -4.30. The van der Waals surface area contributed by atoms with Crippen LogP contribution in [0.15, 0.2) is 15.4 Å². The van der Waals surface area contributed by atoms with Crippen molar-refractivity contribution in [2.24, 2.45) is 26.8 Å². The molecule has 0 fully saturated rings. The van der Waals surface area contributed by atoms with E-state index in [-0.39, 0.29) is 114 Å². The Balaban J connectivity index is 2.20. The summed E-state index contributed by atoms with van der Waals surface area (Å²) in [6, 6.07) is -1.34. The lowest BCUT2D eigenvalue weighted by molar-refractivity contribution is -0.143. The van der Waals surface area contributed by atoms with Crippen LogP contribution in [-0.4, -0.2) is 128 Å². The molecule has 1 rings (SSSR count). The van der Waals surface area contributed by atoms with E-state index in [1.54, 1.807) is 20.8 Å². The number of carboxylic acid groups (broad SMARTS) is 2. The predicted octanol–water partition coefficient (Wildman–Crippen LogP) is 2.04. The smallest absolute Gasteiger partial charge is 0.326 e. The molecule has 2 atom stereocenters. The third kappa shape index (κ3) is 24.3. The Bertz CT molecular complexity index is 1540. The van der Waals surface area contributed by atoms with Gasteiger partial charge in [0.1, 0.15) is 42.3 Å². The van der Waals surface area contributed by atoms with Crippen molar-refractivity contribution in [2.45, 2.75) is 110 Å². The molecular formula is C36H57N5O14S.